The van der Waals surface area contributed by atoms with Gasteiger partial charge in [0.2, 0.25) is 0 Å². The molecule has 0 saturated heterocycles. The molecule has 2 aliphatic heterocycles. The molecular weight excluding hydrogens is 821 g/mol. The first-order valence-corrected chi connectivity index (χ1v) is 24.2. The summed E-state index contributed by atoms with van der Waals surface area (Å²) < 4.78 is 0. The number of hydrogen-bond donors (Lipinski definition) is 0. The fourth-order valence-electron chi connectivity index (χ4n) is 12.1. The van der Waals surface area contributed by atoms with Gasteiger partial charge in [0, 0.05) is 22.2 Å². The molecule has 0 amide bonds. The second-order valence-electron chi connectivity index (χ2n) is 20.0. The van der Waals surface area contributed by atoms with E-state index in [4.69, 9.17) is 0 Å². The van der Waals surface area contributed by atoms with E-state index in [0.717, 1.165) is 24.2 Å². The van der Waals surface area contributed by atoms with Gasteiger partial charge in [-0.3, -0.25) is 0 Å². The molecule has 2 heterocycles. The third kappa shape index (κ3) is 6.03. The third-order valence-electron chi connectivity index (χ3n) is 15.5. The standard InChI is InChI=1S/C66H52N2/c1-65(2)55-25-10-14-29-59(55)67(60-30-15-11-26-56(60)65)47-38-40-52-53(41-47)63(46-35-33-44(34-36-46)43-19-6-5-7-20-43)51-39-37-48(42-54(51)64(52)50-24-18-22-45-21-8-9-23-49(45)50)68-61-31-16-12-27-57(61)66(3,4)58-28-13-17-32-62(58)68/h5-6,8-19,21-42H,7,20H2,1-4H3. The summed E-state index contributed by atoms with van der Waals surface area (Å²) in [5, 5.41) is 7.40. The zero-order valence-corrected chi connectivity index (χ0v) is 39.1. The first kappa shape index (κ1) is 40.3. The summed E-state index contributed by atoms with van der Waals surface area (Å²) in [6.07, 6.45) is 8.89. The fraction of sp³-hybridized carbons (Fsp3) is 0.121. The summed E-state index contributed by atoms with van der Waals surface area (Å²) >= 11 is 0. The summed E-state index contributed by atoms with van der Waals surface area (Å²) in [6.45, 7) is 9.45. The maximum atomic E-state index is 2.50. The van der Waals surface area contributed by atoms with Crippen molar-refractivity contribution in [2.45, 2.75) is 51.4 Å². The maximum Gasteiger partial charge on any atom is 0.0502 e. The van der Waals surface area contributed by atoms with E-state index in [0.29, 0.717) is 0 Å². The minimum atomic E-state index is -0.156. The summed E-state index contributed by atoms with van der Waals surface area (Å²) in [6, 6.07) is 75.6. The highest BCUT2D eigenvalue weighted by Gasteiger charge is 2.38. The molecule has 0 bridgehead atoms. The van der Waals surface area contributed by atoms with Crippen LogP contribution >= 0.6 is 0 Å². The zero-order valence-electron chi connectivity index (χ0n) is 39.1. The first-order valence-electron chi connectivity index (χ1n) is 24.2. The molecule has 0 saturated carbocycles. The molecule has 13 rings (SSSR count). The number of hydrogen-bond acceptors (Lipinski definition) is 2. The van der Waals surface area contributed by atoms with Crippen molar-refractivity contribution in [3.8, 4) is 22.3 Å². The van der Waals surface area contributed by atoms with Crippen molar-refractivity contribution in [1.29, 1.82) is 0 Å². The quantitative estimate of drug-likeness (QED) is 0.159. The Balaban J connectivity index is 1.14. The second-order valence-corrected chi connectivity index (χ2v) is 20.0. The molecule has 68 heavy (non-hydrogen) atoms. The Hall–Kier alpha value is -7.94. The lowest BCUT2D eigenvalue weighted by molar-refractivity contribution is 0.632. The topological polar surface area (TPSA) is 6.48 Å². The fourth-order valence-corrected chi connectivity index (χ4v) is 12.1. The molecule has 0 unspecified atom stereocenters. The highest BCUT2D eigenvalue weighted by molar-refractivity contribution is 6.24. The van der Waals surface area contributed by atoms with Gasteiger partial charge in [-0.15, -0.1) is 0 Å². The average molecular weight is 873 g/mol. The van der Waals surface area contributed by atoms with Gasteiger partial charge in [0.15, 0.2) is 0 Å². The van der Waals surface area contributed by atoms with Crippen LogP contribution in [0.4, 0.5) is 34.1 Å². The van der Waals surface area contributed by atoms with E-state index in [1.807, 2.05) is 0 Å². The minimum absolute atomic E-state index is 0.155. The molecule has 0 N–H and O–H groups in total. The van der Waals surface area contributed by atoms with Gasteiger partial charge >= 0.3 is 0 Å². The van der Waals surface area contributed by atoms with Gasteiger partial charge in [0.1, 0.15) is 0 Å². The second kappa shape index (κ2) is 15.3. The monoisotopic (exact) mass is 872 g/mol. The summed E-state index contributed by atoms with van der Waals surface area (Å²) in [5.41, 5.74) is 19.8. The summed E-state index contributed by atoms with van der Waals surface area (Å²) in [5.74, 6) is 0. The van der Waals surface area contributed by atoms with Crippen molar-refractivity contribution in [2.75, 3.05) is 9.80 Å². The van der Waals surface area contributed by atoms with Crippen molar-refractivity contribution in [3.63, 3.8) is 0 Å². The number of benzene rings is 10. The van der Waals surface area contributed by atoms with Crippen molar-refractivity contribution >= 4 is 72.0 Å². The van der Waals surface area contributed by atoms with Crippen LogP contribution in [0.25, 0.3) is 60.1 Å². The van der Waals surface area contributed by atoms with Crippen molar-refractivity contribution in [2.24, 2.45) is 0 Å². The molecular formula is C66H52N2. The predicted octanol–water partition coefficient (Wildman–Crippen LogP) is 18.4. The molecule has 0 atom stereocenters. The molecule has 0 spiro atoms. The molecule has 10 aromatic rings. The normalized spacial score (nSPS) is 15.4. The van der Waals surface area contributed by atoms with Crippen molar-refractivity contribution in [1.82, 2.24) is 0 Å². The Morgan fingerprint density at radius 3 is 1.37 bits per heavy atom. The molecule has 10 aromatic carbocycles. The smallest absolute Gasteiger partial charge is 0.0502 e. The molecule has 0 fully saturated rings. The Bertz CT molecular complexity index is 3650. The number of para-hydroxylation sites is 4. The largest absolute Gasteiger partial charge is 0.310 e. The zero-order chi connectivity index (χ0) is 45.7. The summed E-state index contributed by atoms with van der Waals surface area (Å²) in [7, 11) is 0. The van der Waals surface area contributed by atoms with Crippen molar-refractivity contribution in [3.05, 3.63) is 246 Å². The van der Waals surface area contributed by atoms with E-state index in [2.05, 4.69) is 256 Å². The van der Waals surface area contributed by atoms with Crippen LogP contribution in [0.1, 0.15) is 68.4 Å². The lowest BCUT2D eigenvalue weighted by atomic mass is 9.73. The Morgan fingerprint density at radius 1 is 0.382 bits per heavy atom. The molecule has 2 heteroatoms. The van der Waals surface area contributed by atoms with Crippen molar-refractivity contribution < 1.29 is 0 Å². The number of rotatable bonds is 5. The SMILES string of the molecule is CC1(C)c2ccccc2N(c2ccc3c(-c4cccc5ccccc45)c4cc(N5c6ccccc6C(C)(C)c6ccccc65)ccc4c(-c4ccc(C5=CC=CCC5)cc4)c3c2)c2ccccc21. The lowest BCUT2D eigenvalue weighted by Gasteiger charge is -2.42. The van der Waals surface area contributed by atoms with Crippen LogP contribution in [0.2, 0.25) is 0 Å². The average Bonchev–Trinajstić information content (AvgIpc) is 3.38. The minimum Gasteiger partial charge on any atom is -0.310 e. The van der Waals surface area contributed by atoms with Crippen LogP contribution in [-0.4, -0.2) is 0 Å². The van der Waals surface area contributed by atoms with E-state index in [1.165, 1.54) is 111 Å². The van der Waals surface area contributed by atoms with E-state index in [9.17, 15) is 0 Å². The Kier molecular flexibility index (Phi) is 9.08. The summed E-state index contributed by atoms with van der Waals surface area (Å²) in [4.78, 5) is 5.01. The molecule has 0 aromatic heterocycles. The van der Waals surface area contributed by atoms with Gasteiger partial charge in [-0.05, 0) is 149 Å². The molecule has 1 aliphatic carbocycles. The molecule has 326 valence electrons. The Morgan fingerprint density at radius 2 is 0.838 bits per heavy atom. The van der Waals surface area contributed by atoms with E-state index in [1.54, 1.807) is 0 Å². The molecule has 3 aliphatic rings. The van der Waals surface area contributed by atoms with Gasteiger partial charge in [-0.25, -0.2) is 0 Å². The van der Waals surface area contributed by atoms with Gasteiger partial charge in [-0.2, -0.15) is 0 Å². The first-order chi connectivity index (χ1) is 33.3. The number of fused-ring (bicyclic) bond motifs is 7. The van der Waals surface area contributed by atoms with Gasteiger partial charge < -0.3 is 9.80 Å². The van der Waals surface area contributed by atoms with Crippen LogP contribution in [0, 0.1) is 0 Å². The van der Waals surface area contributed by atoms with Gasteiger partial charge in [0.05, 0.1) is 22.7 Å². The lowest BCUT2D eigenvalue weighted by Crippen LogP contribution is -2.30. The number of anilines is 6. The van der Waals surface area contributed by atoms with E-state index in [-0.39, 0.29) is 10.8 Å². The van der Waals surface area contributed by atoms with E-state index >= 15 is 0 Å². The maximum absolute atomic E-state index is 2.50. The van der Waals surface area contributed by atoms with Gasteiger partial charge in [-0.1, -0.05) is 198 Å². The molecule has 2 nitrogen and oxygen atoms in total. The van der Waals surface area contributed by atoms with Gasteiger partial charge in [0.25, 0.3) is 0 Å². The van der Waals surface area contributed by atoms with Crippen LogP contribution in [-0.2, 0) is 10.8 Å². The van der Waals surface area contributed by atoms with Crippen LogP contribution in [0.3, 0.4) is 0 Å². The highest BCUT2D eigenvalue weighted by atomic mass is 15.2. The molecule has 0 radical (unpaired) electrons. The third-order valence-corrected chi connectivity index (χ3v) is 15.5. The highest BCUT2D eigenvalue weighted by Crippen LogP contribution is 2.56. The number of nitrogens with zero attached hydrogens (tertiary/aromatic N) is 2. The van der Waals surface area contributed by atoms with Crippen LogP contribution in [0.15, 0.2) is 218 Å². The van der Waals surface area contributed by atoms with Crippen LogP contribution < -0.4 is 9.80 Å². The van der Waals surface area contributed by atoms with E-state index < -0.39 is 0 Å². The van der Waals surface area contributed by atoms with Crippen LogP contribution in [0.5, 0.6) is 0 Å². The Labute approximate surface area is 399 Å². The number of allylic oxidation sites excluding steroid dienone is 4. The predicted molar refractivity (Wildman–Crippen MR) is 290 cm³/mol.